The molecule has 3 rings (SSSR count). The SMILES string of the molecule is COc1cc2nc(N(C)Cc3csc(C)n3)nc(N)c2cc1OC. The average Bonchev–Trinajstić information content (AvgIpc) is 2.98. The molecule has 24 heavy (non-hydrogen) atoms. The first-order chi connectivity index (χ1) is 11.5. The first-order valence-electron chi connectivity index (χ1n) is 7.33. The minimum atomic E-state index is 0.400. The molecule has 2 aromatic heterocycles. The summed E-state index contributed by atoms with van der Waals surface area (Å²) < 4.78 is 10.6. The molecule has 3 aromatic rings. The Morgan fingerprint density at radius 1 is 1.12 bits per heavy atom. The number of hydrogen-bond donors (Lipinski definition) is 1. The average molecular weight is 345 g/mol. The zero-order valence-electron chi connectivity index (χ0n) is 14.0. The summed E-state index contributed by atoms with van der Waals surface area (Å²) in [4.78, 5) is 15.4. The molecule has 0 saturated carbocycles. The molecule has 126 valence electrons. The summed E-state index contributed by atoms with van der Waals surface area (Å²) in [6.45, 7) is 2.60. The van der Waals surface area contributed by atoms with Crippen LogP contribution in [-0.2, 0) is 6.54 Å². The molecule has 0 saturated heterocycles. The molecular formula is C16H19N5O2S. The number of nitrogens with two attached hydrogens (primary N) is 1. The van der Waals surface area contributed by atoms with Gasteiger partial charge in [0.1, 0.15) is 5.82 Å². The molecule has 0 aliphatic heterocycles. The van der Waals surface area contributed by atoms with Gasteiger partial charge in [-0.3, -0.25) is 0 Å². The summed E-state index contributed by atoms with van der Waals surface area (Å²) in [6, 6.07) is 3.59. The van der Waals surface area contributed by atoms with Crippen molar-refractivity contribution in [3.8, 4) is 11.5 Å². The number of nitrogens with zero attached hydrogens (tertiary/aromatic N) is 4. The van der Waals surface area contributed by atoms with E-state index in [1.165, 1.54) is 0 Å². The lowest BCUT2D eigenvalue weighted by Gasteiger charge is -2.17. The predicted octanol–water partition coefficient (Wildman–Crippen LogP) is 2.63. The van der Waals surface area contributed by atoms with Crippen LogP contribution in [0.5, 0.6) is 11.5 Å². The van der Waals surface area contributed by atoms with Crippen molar-refractivity contribution < 1.29 is 9.47 Å². The van der Waals surface area contributed by atoms with Gasteiger partial charge in [0.2, 0.25) is 5.95 Å². The molecule has 0 fully saturated rings. The molecule has 0 unspecified atom stereocenters. The number of anilines is 2. The smallest absolute Gasteiger partial charge is 0.227 e. The molecule has 0 spiro atoms. The predicted molar refractivity (Wildman–Crippen MR) is 96.0 cm³/mol. The first-order valence-corrected chi connectivity index (χ1v) is 8.21. The van der Waals surface area contributed by atoms with Crippen LogP contribution in [0, 0.1) is 6.92 Å². The van der Waals surface area contributed by atoms with E-state index in [2.05, 4.69) is 15.0 Å². The van der Waals surface area contributed by atoms with Crippen LogP contribution in [0.4, 0.5) is 11.8 Å². The molecule has 8 heteroatoms. The lowest BCUT2D eigenvalue weighted by molar-refractivity contribution is 0.356. The molecule has 0 amide bonds. The molecule has 0 aliphatic carbocycles. The lowest BCUT2D eigenvalue weighted by atomic mass is 10.2. The van der Waals surface area contributed by atoms with Gasteiger partial charge in [-0.25, -0.2) is 9.97 Å². The zero-order chi connectivity index (χ0) is 17.3. The normalized spacial score (nSPS) is 10.8. The van der Waals surface area contributed by atoms with E-state index in [9.17, 15) is 0 Å². The van der Waals surface area contributed by atoms with Crippen LogP contribution in [0.25, 0.3) is 10.9 Å². The van der Waals surface area contributed by atoms with Crippen LogP contribution >= 0.6 is 11.3 Å². The Labute approximate surface area is 144 Å². The third-order valence-corrected chi connectivity index (χ3v) is 4.45. The second-order valence-corrected chi connectivity index (χ2v) is 6.41. The van der Waals surface area contributed by atoms with Crippen LogP contribution < -0.4 is 20.1 Å². The van der Waals surface area contributed by atoms with Crippen molar-refractivity contribution in [2.24, 2.45) is 0 Å². The highest BCUT2D eigenvalue weighted by Gasteiger charge is 2.14. The molecule has 7 nitrogen and oxygen atoms in total. The van der Waals surface area contributed by atoms with Crippen molar-refractivity contribution >= 4 is 34.0 Å². The maximum absolute atomic E-state index is 6.12. The van der Waals surface area contributed by atoms with Crippen LogP contribution in [0.15, 0.2) is 17.5 Å². The van der Waals surface area contributed by atoms with Crippen molar-refractivity contribution in [2.75, 3.05) is 31.9 Å². The molecule has 0 aliphatic rings. The van der Waals surface area contributed by atoms with Gasteiger partial charge in [-0.15, -0.1) is 11.3 Å². The van der Waals surface area contributed by atoms with Crippen LogP contribution in [0.1, 0.15) is 10.7 Å². The van der Waals surface area contributed by atoms with Crippen molar-refractivity contribution in [1.82, 2.24) is 15.0 Å². The minimum absolute atomic E-state index is 0.400. The summed E-state index contributed by atoms with van der Waals surface area (Å²) in [6.07, 6.45) is 0. The minimum Gasteiger partial charge on any atom is -0.493 e. The lowest BCUT2D eigenvalue weighted by Crippen LogP contribution is -2.20. The van der Waals surface area contributed by atoms with E-state index in [4.69, 9.17) is 15.2 Å². The summed E-state index contributed by atoms with van der Waals surface area (Å²) >= 11 is 1.62. The van der Waals surface area contributed by atoms with Gasteiger partial charge in [0.15, 0.2) is 11.5 Å². The maximum atomic E-state index is 6.12. The molecule has 0 bridgehead atoms. The highest BCUT2D eigenvalue weighted by Crippen LogP contribution is 2.34. The highest BCUT2D eigenvalue weighted by atomic mass is 32.1. The molecular weight excluding hydrogens is 326 g/mol. The molecule has 0 radical (unpaired) electrons. The number of aryl methyl sites for hydroxylation is 1. The van der Waals surface area contributed by atoms with Crippen LogP contribution in [-0.4, -0.2) is 36.2 Å². The number of methoxy groups -OCH3 is 2. The second-order valence-electron chi connectivity index (χ2n) is 5.35. The van der Waals surface area contributed by atoms with Gasteiger partial charge < -0.3 is 20.1 Å². The van der Waals surface area contributed by atoms with E-state index in [0.29, 0.717) is 35.3 Å². The van der Waals surface area contributed by atoms with Gasteiger partial charge in [0.25, 0.3) is 0 Å². The third kappa shape index (κ3) is 3.05. The Morgan fingerprint density at radius 3 is 2.46 bits per heavy atom. The van der Waals surface area contributed by atoms with Crippen molar-refractivity contribution in [3.63, 3.8) is 0 Å². The Kier molecular flexibility index (Phi) is 4.39. The molecule has 2 N–H and O–H groups in total. The number of benzene rings is 1. The van der Waals surface area contributed by atoms with Gasteiger partial charge in [-0.05, 0) is 13.0 Å². The number of rotatable bonds is 5. The number of thiazole rings is 1. The molecule has 1 aromatic carbocycles. The van der Waals surface area contributed by atoms with E-state index < -0.39 is 0 Å². The Bertz CT molecular complexity index is 880. The number of nitrogen functional groups attached to an aromatic ring is 1. The number of ether oxygens (including phenoxy) is 2. The zero-order valence-corrected chi connectivity index (χ0v) is 14.8. The Balaban J connectivity index is 1.99. The van der Waals surface area contributed by atoms with E-state index in [-0.39, 0.29) is 0 Å². The highest BCUT2D eigenvalue weighted by molar-refractivity contribution is 7.09. The van der Waals surface area contributed by atoms with E-state index in [0.717, 1.165) is 16.1 Å². The number of fused-ring (bicyclic) bond motifs is 1. The van der Waals surface area contributed by atoms with Crippen LogP contribution in [0.3, 0.4) is 0 Å². The Morgan fingerprint density at radius 2 is 1.83 bits per heavy atom. The van der Waals surface area contributed by atoms with Crippen LogP contribution in [0.2, 0.25) is 0 Å². The fraction of sp³-hybridized carbons (Fsp3) is 0.312. The van der Waals surface area contributed by atoms with Gasteiger partial charge in [-0.2, -0.15) is 4.98 Å². The van der Waals surface area contributed by atoms with Crippen molar-refractivity contribution in [2.45, 2.75) is 13.5 Å². The second kappa shape index (κ2) is 6.48. The topological polar surface area (TPSA) is 86.4 Å². The van der Waals surface area contributed by atoms with Gasteiger partial charge in [0.05, 0.1) is 37.0 Å². The first kappa shape index (κ1) is 16.3. The quantitative estimate of drug-likeness (QED) is 0.760. The number of hydrogen-bond acceptors (Lipinski definition) is 8. The summed E-state index contributed by atoms with van der Waals surface area (Å²) in [5.74, 6) is 2.14. The summed E-state index contributed by atoms with van der Waals surface area (Å²) in [5.41, 5.74) is 7.81. The monoisotopic (exact) mass is 345 g/mol. The third-order valence-electron chi connectivity index (χ3n) is 3.63. The van der Waals surface area contributed by atoms with E-state index >= 15 is 0 Å². The van der Waals surface area contributed by atoms with Gasteiger partial charge >= 0.3 is 0 Å². The largest absolute Gasteiger partial charge is 0.493 e. The molecule has 2 heterocycles. The maximum Gasteiger partial charge on any atom is 0.227 e. The fourth-order valence-electron chi connectivity index (χ4n) is 2.43. The summed E-state index contributed by atoms with van der Waals surface area (Å²) in [7, 11) is 5.08. The molecule has 0 atom stereocenters. The standard InChI is InChI=1S/C16H19N5O2S/c1-9-18-10(8-24-9)7-21(2)16-19-12-6-14(23-4)13(22-3)5-11(12)15(17)20-16/h5-6,8H,7H2,1-4H3,(H2,17,19,20). The van der Waals surface area contributed by atoms with Crippen molar-refractivity contribution in [3.05, 3.63) is 28.2 Å². The van der Waals surface area contributed by atoms with E-state index in [1.54, 1.807) is 37.7 Å². The van der Waals surface area contributed by atoms with Gasteiger partial charge in [0, 0.05) is 23.9 Å². The van der Waals surface area contributed by atoms with E-state index in [1.807, 2.05) is 24.3 Å². The summed E-state index contributed by atoms with van der Waals surface area (Å²) in [5, 5.41) is 3.80. The number of aromatic nitrogens is 3. The van der Waals surface area contributed by atoms with Gasteiger partial charge in [-0.1, -0.05) is 0 Å². The van der Waals surface area contributed by atoms with Crippen molar-refractivity contribution in [1.29, 1.82) is 0 Å². The fourth-order valence-corrected chi connectivity index (χ4v) is 3.04. The Hall–Kier alpha value is -2.61.